The third-order valence-electron chi connectivity index (χ3n) is 11.6. The topological polar surface area (TPSA) is 132 Å². The van der Waals surface area contributed by atoms with Gasteiger partial charge in [0, 0.05) is 24.6 Å². The molecule has 3 aromatic carbocycles. The molecule has 8 rings (SSSR count). The maximum absolute atomic E-state index is 15.3. The summed E-state index contributed by atoms with van der Waals surface area (Å²) in [7, 11) is 2.66. The van der Waals surface area contributed by atoms with Crippen LogP contribution >= 0.6 is 11.6 Å². The molecule has 11 nitrogen and oxygen atoms in total. The highest BCUT2D eigenvalue weighted by Gasteiger charge is 2.71. The lowest BCUT2D eigenvalue weighted by molar-refractivity contribution is -0.142. The fourth-order valence-corrected chi connectivity index (χ4v) is 9.45. The first kappa shape index (κ1) is 37.1. The number of aryl methyl sites for hydroxylation is 1. The SMILES string of the molecule is COc1cc(O)ccc1[C@H]1C2=CC[C@@H]3C(=O)N(N(C)c4nc(C(F)(F)F)ccc4Cl)C(=O)[C@@H]3[C@@H]2C[C@H]2C(=O)N(Nc3ccc(C)cc3)C(=O)[C@@]12c1ccccc1. The van der Waals surface area contributed by atoms with Crippen LogP contribution in [0.15, 0.2) is 96.6 Å². The number of nitrogens with one attached hydrogen (secondary N) is 1. The monoisotopic (exact) mass is 785 g/mol. The standard InChI is InChI=1S/C41H35ClF3N5O6/c1-21-9-11-23(12-10-21)47-49-37(53)29-20-28-25(34(26-14-13-24(51)19-31(26)56-3)40(29,39(49)55)22-7-5-4-6-8-22)15-16-27-33(28)38(54)50(36(27)52)48(2)35-30(42)17-18-32(46-35)41(43,44)45/h4-15,17-19,27-29,33-34,47,51H,16,20H2,1-3H3/t27-,28+,29-,33-,34+,40+/m0/s1. The van der Waals surface area contributed by atoms with Crippen molar-refractivity contribution in [1.29, 1.82) is 0 Å². The molecule has 288 valence electrons. The van der Waals surface area contributed by atoms with Crippen molar-refractivity contribution < 1.29 is 42.2 Å². The van der Waals surface area contributed by atoms with Gasteiger partial charge < -0.3 is 9.84 Å². The second-order valence-electron chi connectivity index (χ2n) is 14.5. The van der Waals surface area contributed by atoms with E-state index in [9.17, 15) is 32.7 Å². The fourth-order valence-electron chi connectivity index (χ4n) is 9.22. The third kappa shape index (κ3) is 5.52. The number of aromatic nitrogens is 1. The van der Waals surface area contributed by atoms with Crippen LogP contribution < -0.4 is 15.2 Å². The molecule has 0 radical (unpaired) electrons. The number of benzene rings is 3. The van der Waals surface area contributed by atoms with Crippen molar-refractivity contribution in [1.82, 2.24) is 15.0 Å². The number of halogens is 4. The second kappa shape index (κ2) is 13.4. The Labute approximate surface area is 324 Å². The summed E-state index contributed by atoms with van der Waals surface area (Å²) in [4.78, 5) is 62.7. The Morgan fingerprint density at radius 1 is 0.946 bits per heavy atom. The molecule has 4 aliphatic rings. The lowest BCUT2D eigenvalue weighted by atomic mass is 9.49. The highest BCUT2D eigenvalue weighted by Crippen LogP contribution is 2.65. The number of fused-ring (bicyclic) bond motifs is 4. The van der Waals surface area contributed by atoms with Crippen molar-refractivity contribution in [3.05, 3.63) is 124 Å². The molecule has 1 saturated carbocycles. The minimum Gasteiger partial charge on any atom is -0.508 e. The summed E-state index contributed by atoms with van der Waals surface area (Å²) in [6, 6.07) is 22.3. The number of carbonyl (C=O) groups is 4. The first-order valence-electron chi connectivity index (χ1n) is 17.9. The average Bonchev–Trinajstić information content (AvgIpc) is 3.56. The minimum absolute atomic E-state index is 0.0193. The van der Waals surface area contributed by atoms with E-state index in [1.54, 1.807) is 48.5 Å². The molecule has 2 aliphatic heterocycles. The molecule has 2 N–H and O–H groups in total. The molecule has 2 saturated heterocycles. The number of amides is 4. The van der Waals surface area contributed by atoms with E-state index >= 15 is 4.79 Å². The number of allylic oxidation sites excluding steroid dienone is 2. The van der Waals surface area contributed by atoms with Gasteiger partial charge in [-0.1, -0.05) is 77.3 Å². The number of anilines is 2. The van der Waals surface area contributed by atoms with Crippen molar-refractivity contribution in [3.63, 3.8) is 0 Å². The van der Waals surface area contributed by atoms with Crippen molar-refractivity contribution in [3.8, 4) is 11.5 Å². The number of aromatic hydroxyl groups is 1. The van der Waals surface area contributed by atoms with Gasteiger partial charge in [0.25, 0.3) is 23.6 Å². The van der Waals surface area contributed by atoms with Crippen LogP contribution in [0.1, 0.15) is 41.1 Å². The molecule has 3 fully saturated rings. The molecular weight excluding hydrogens is 751 g/mol. The van der Waals surface area contributed by atoms with E-state index in [2.05, 4.69) is 10.4 Å². The van der Waals surface area contributed by atoms with Crippen molar-refractivity contribution >= 4 is 46.7 Å². The maximum atomic E-state index is 15.3. The lowest BCUT2D eigenvalue weighted by Gasteiger charge is -2.50. The van der Waals surface area contributed by atoms with Gasteiger partial charge in [0.05, 0.1) is 41.0 Å². The fraction of sp³-hybridized carbons (Fsp3) is 0.293. The maximum Gasteiger partial charge on any atom is 0.433 e. The van der Waals surface area contributed by atoms with Crippen LogP contribution in [0.4, 0.5) is 24.7 Å². The molecule has 0 unspecified atom stereocenters. The number of rotatable bonds is 7. The van der Waals surface area contributed by atoms with Crippen LogP contribution in [-0.4, -0.2) is 57.9 Å². The number of ether oxygens (including phenoxy) is 1. The number of methoxy groups -OCH3 is 1. The Kier molecular flexibility index (Phi) is 8.87. The Balaban J connectivity index is 1.29. The van der Waals surface area contributed by atoms with Crippen molar-refractivity contribution in [2.45, 2.75) is 37.3 Å². The summed E-state index contributed by atoms with van der Waals surface area (Å²) in [6.45, 7) is 1.91. The first-order valence-corrected chi connectivity index (χ1v) is 18.3. The number of hydrogen-bond donors (Lipinski definition) is 2. The predicted molar refractivity (Wildman–Crippen MR) is 198 cm³/mol. The predicted octanol–water partition coefficient (Wildman–Crippen LogP) is 6.81. The number of nitrogens with zero attached hydrogens (tertiary/aromatic N) is 4. The number of alkyl halides is 3. The van der Waals surface area contributed by atoms with Crippen LogP contribution in [0, 0.1) is 30.6 Å². The summed E-state index contributed by atoms with van der Waals surface area (Å²) >= 11 is 6.31. The molecular formula is C41H35ClF3N5O6. The number of hydrogen-bond acceptors (Lipinski definition) is 9. The van der Waals surface area contributed by atoms with Gasteiger partial charge in [0.1, 0.15) is 17.2 Å². The molecule has 0 spiro atoms. The highest BCUT2D eigenvalue weighted by atomic mass is 35.5. The lowest BCUT2D eigenvalue weighted by Crippen LogP contribution is -2.53. The van der Waals surface area contributed by atoms with Gasteiger partial charge in [-0.15, -0.1) is 0 Å². The zero-order valence-corrected chi connectivity index (χ0v) is 31.0. The summed E-state index contributed by atoms with van der Waals surface area (Å²) in [5, 5.41) is 13.1. The Hall–Kier alpha value is -5.89. The number of imide groups is 2. The van der Waals surface area contributed by atoms with E-state index in [4.69, 9.17) is 16.3 Å². The van der Waals surface area contributed by atoms with Gasteiger partial charge >= 0.3 is 6.18 Å². The number of hydrazine groups is 2. The smallest absolute Gasteiger partial charge is 0.433 e. The quantitative estimate of drug-likeness (QED) is 0.153. The average molecular weight is 786 g/mol. The molecule has 1 aromatic heterocycles. The van der Waals surface area contributed by atoms with Crippen LogP contribution in [0.5, 0.6) is 11.5 Å². The zero-order chi connectivity index (χ0) is 39.8. The van der Waals surface area contributed by atoms with E-state index in [1.807, 2.05) is 25.1 Å². The van der Waals surface area contributed by atoms with E-state index in [0.29, 0.717) is 28.5 Å². The largest absolute Gasteiger partial charge is 0.508 e. The molecule has 4 aromatic rings. The van der Waals surface area contributed by atoms with E-state index in [-0.39, 0.29) is 29.4 Å². The number of phenols is 1. The van der Waals surface area contributed by atoms with Crippen LogP contribution in [-0.2, 0) is 30.8 Å². The normalized spacial score (nSPS) is 25.8. The van der Waals surface area contributed by atoms with Crippen LogP contribution in [0.25, 0.3) is 0 Å². The molecule has 15 heteroatoms. The molecule has 4 amide bonds. The molecule has 2 aliphatic carbocycles. The minimum atomic E-state index is -4.82. The van der Waals surface area contributed by atoms with Gasteiger partial charge in [0.15, 0.2) is 5.82 Å². The molecule has 3 heterocycles. The van der Waals surface area contributed by atoms with E-state index < -0.39 is 76.3 Å². The first-order chi connectivity index (χ1) is 26.7. The highest BCUT2D eigenvalue weighted by molar-refractivity contribution is 6.33. The number of pyridine rings is 1. The van der Waals surface area contributed by atoms with Crippen LogP contribution in [0.2, 0.25) is 5.02 Å². The van der Waals surface area contributed by atoms with Gasteiger partial charge in [-0.05, 0) is 61.6 Å². The number of carbonyl (C=O) groups excluding carboxylic acids is 4. The summed E-state index contributed by atoms with van der Waals surface area (Å²) < 4.78 is 46.9. The van der Waals surface area contributed by atoms with Gasteiger partial charge in [0.2, 0.25) is 0 Å². The van der Waals surface area contributed by atoms with Crippen LogP contribution in [0.3, 0.4) is 0 Å². The summed E-state index contributed by atoms with van der Waals surface area (Å²) in [5.41, 5.74) is 3.28. The van der Waals surface area contributed by atoms with Gasteiger partial charge in [-0.2, -0.15) is 23.2 Å². The Morgan fingerprint density at radius 3 is 2.34 bits per heavy atom. The Morgan fingerprint density at radius 2 is 1.66 bits per heavy atom. The molecule has 6 atom stereocenters. The Bertz CT molecular complexity index is 2320. The zero-order valence-electron chi connectivity index (χ0n) is 30.3. The number of phenolic OH excluding ortho intramolecular Hbond substituents is 1. The summed E-state index contributed by atoms with van der Waals surface area (Å²) in [6.07, 6.45) is -2.96. The van der Waals surface area contributed by atoms with E-state index in [0.717, 1.165) is 26.7 Å². The summed E-state index contributed by atoms with van der Waals surface area (Å²) in [5.74, 6) is -7.57. The molecule has 56 heavy (non-hydrogen) atoms. The van der Waals surface area contributed by atoms with Gasteiger partial charge in [-0.3, -0.25) is 29.6 Å². The van der Waals surface area contributed by atoms with E-state index in [1.165, 1.54) is 26.3 Å². The van der Waals surface area contributed by atoms with Crippen molar-refractivity contribution in [2.75, 3.05) is 24.6 Å². The molecule has 0 bridgehead atoms. The van der Waals surface area contributed by atoms with Crippen molar-refractivity contribution in [2.24, 2.45) is 23.7 Å². The third-order valence-corrected chi connectivity index (χ3v) is 11.9. The second-order valence-corrected chi connectivity index (χ2v) is 14.9. The van der Waals surface area contributed by atoms with Gasteiger partial charge in [-0.25, -0.2) is 4.98 Å².